The Labute approximate surface area is 174 Å². The van der Waals surface area contributed by atoms with Crippen LogP contribution in [-0.2, 0) is 25.5 Å². The molecule has 3 rings (SSSR count). The van der Waals surface area contributed by atoms with Gasteiger partial charge in [0.05, 0.1) is 16.6 Å². The number of carbonyl (C=O) groups is 3. The van der Waals surface area contributed by atoms with E-state index in [9.17, 15) is 14.4 Å². The maximum atomic E-state index is 12.4. The van der Waals surface area contributed by atoms with Crippen LogP contribution in [0.3, 0.4) is 0 Å². The van der Waals surface area contributed by atoms with Gasteiger partial charge in [-0.05, 0) is 42.7 Å². The van der Waals surface area contributed by atoms with Crippen LogP contribution in [0.4, 0.5) is 11.4 Å². The molecule has 0 saturated carbocycles. The van der Waals surface area contributed by atoms with Gasteiger partial charge in [0.1, 0.15) is 0 Å². The lowest BCUT2D eigenvalue weighted by molar-refractivity contribution is -0.151. The minimum atomic E-state index is -0.594. The number of para-hydroxylation sites is 1. The smallest absolute Gasteiger partial charge is 0.311 e. The molecular formula is C22H23ClN2O4. The van der Waals surface area contributed by atoms with Crippen LogP contribution in [0.1, 0.15) is 24.5 Å². The maximum absolute atomic E-state index is 12.4. The fourth-order valence-corrected chi connectivity index (χ4v) is 3.62. The summed E-state index contributed by atoms with van der Waals surface area (Å²) in [4.78, 5) is 38.5. The average molecular weight is 415 g/mol. The lowest BCUT2D eigenvalue weighted by Gasteiger charge is -2.19. The molecule has 2 aromatic rings. The van der Waals surface area contributed by atoms with Gasteiger partial charge in [0.2, 0.25) is 5.91 Å². The zero-order valence-corrected chi connectivity index (χ0v) is 17.2. The third-order valence-electron chi connectivity index (χ3n) is 4.87. The van der Waals surface area contributed by atoms with Gasteiger partial charge in [-0.25, -0.2) is 0 Å². The fourth-order valence-electron chi connectivity index (χ4n) is 3.33. The lowest BCUT2D eigenvalue weighted by Crippen LogP contribution is -2.28. The molecule has 29 heavy (non-hydrogen) atoms. The highest BCUT2D eigenvalue weighted by atomic mass is 35.5. The predicted octanol–water partition coefficient (Wildman–Crippen LogP) is 3.75. The van der Waals surface area contributed by atoms with E-state index in [-0.39, 0.29) is 18.9 Å². The second-order valence-corrected chi connectivity index (χ2v) is 7.43. The van der Waals surface area contributed by atoms with Crippen molar-refractivity contribution in [3.8, 4) is 0 Å². The van der Waals surface area contributed by atoms with Crippen LogP contribution < -0.4 is 10.2 Å². The first-order chi connectivity index (χ1) is 13.9. The molecule has 0 bridgehead atoms. The standard InChI is InChI=1S/C22H23ClN2O4/c1-3-15-6-4-5-7-19(15)25-12-16(11-21(25)27)22(28)29-13-20(26)24-18-9-8-14(2)10-17(18)23/h4-10,16H,3,11-13H2,1-2H3,(H,24,26)/t16-/m0/s1. The van der Waals surface area contributed by atoms with E-state index in [0.717, 1.165) is 23.2 Å². The van der Waals surface area contributed by atoms with Gasteiger partial charge in [0.15, 0.2) is 6.61 Å². The van der Waals surface area contributed by atoms with E-state index in [2.05, 4.69) is 5.32 Å². The van der Waals surface area contributed by atoms with Crippen molar-refractivity contribution in [2.45, 2.75) is 26.7 Å². The van der Waals surface area contributed by atoms with E-state index in [1.165, 1.54) is 0 Å². The third-order valence-corrected chi connectivity index (χ3v) is 5.18. The monoisotopic (exact) mass is 414 g/mol. The quantitative estimate of drug-likeness (QED) is 0.730. The van der Waals surface area contributed by atoms with E-state index in [1.807, 2.05) is 44.2 Å². The number of halogens is 1. The van der Waals surface area contributed by atoms with Crippen molar-refractivity contribution in [3.05, 3.63) is 58.6 Å². The molecule has 0 unspecified atom stereocenters. The number of esters is 1. The van der Waals surface area contributed by atoms with Crippen molar-refractivity contribution >= 4 is 40.8 Å². The number of hydrogen-bond donors (Lipinski definition) is 1. The van der Waals surface area contributed by atoms with Crippen molar-refractivity contribution in [3.63, 3.8) is 0 Å². The van der Waals surface area contributed by atoms with E-state index in [4.69, 9.17) is 16.3 Å². The molecule has 2 amide bonds. The second kappa shape index (κ2) is 9.09. The van der Waals surface area contributed by atoms with E-state index in [0.29, 0.717) is 10.7 Å². The summed E-state index contributed by atoms with van der Waals surface area (Å²) in [6, 6.07) is 12.9. The lowest BCUT2D eigenvalue weighted by atomic mass is 10.1. The Balaban J connectivity index is 1.56. The van der Waals surface area contributed by atoms with Crippen LogP contribution in [0, 0.1) is 12.8 Å². The highest BCUT2D eigenvalue weighted by molar-refractivity contribution is 6.33. The molecule has 1 aliphatic rings. The molecule has 0 aromatic heterocycles. The number of nitrogens with zero attached hydrogens (tertiary/aromatic N) is 1. The first-order valence-corrected chi connectivity index (χ1v) is 9.87. The molecule has 0 aliphatic carbocycles. The normalized spacial score (nSPS) is 16.0. The number of amides is 2. The molecule has 1 heterocycles. The Hall–Kier alpha value is -2.86. The van der Waals surface area contributed by atoms with Gasteiger partial charge in [-0.2, -0.15) is 0 Å². The van der Waals surface area contributed by atoms with E-state index >= 15 is 0 Å². The zero-order chi connectivity index (χ0) is 21.0. The summed E-state index contributed by atoms with van der Waals surface area (Å²) in [6.45, 7) is 3.73. The highest BCUT2D eigenvalue weighted by Gasteiger charge is 2.37. The number of benzene rings is 2. The summed E-state index contributed by atoms with van der Waals surface area (Å²) in [5, 5.41) is 3.03. The number of nitrogens with one attached hydrogen (secondary N) is 1. The third kappa shape index (κ3) is 4.95. The predicted molar refractivity (Wildman–Crippen MR) is 112 cm³/mol. The van der Waals surface area contributed by atoms with Crippen molar-refractivity contribution < 1.29 is 19.1 Å². The molecule has 0 radical (unpaired) electrons. The molecule has 1 atom stereocenters. The number of aryl methyl sites for hydroxylation is 2. The van der Waals surface area contributed by atoms with Crippen LogP contribution in [-0.4, -0.2) is 30.9 Å². The van der Waals surface area contributed by atoms with Crippen molar-refractivity contribution in [2.24, 2.45) is 5.92 Å². The van der Waals surface area contributed by atoms with Gasteiger partial charge in [0, 0.05) is 18.7 Å². The Morgan fingerprint density at radius 2 is 2.00 bits per heavy atom. The molecule has 7 heteroatoms. The summed E-state index contributed by atoms with van der Waals surface area (Å²) in [5.41, 5.74) is 3.29. The minimum absolute atomic E-state index is 0.0717. The van der Waals surface area contributed by atoms with E-state index < -0.39 is 24.4 Å². The van der Waals surface area contributed by atoms with Crippen molar-refractivity contribution in [1.82, 2.24) is 0 Å². The molecular weight excluding hydrogens is 392 g/mol. The van der Waals surface area contributed by atoms with Gasteiger partial charge in [0.25, 0.3) is 5.91 Å². The Morgan fingerprint density at radius 1 is 1.24 bits per heavy atom. The first kappa shape index (κ1) is 20.9. The molecule has 1 fully saturated rings. The number of rotatable bonds is 6. The number of hydrogen-bond acceptors (Lipinski definition) is 4. The average Bonchev–Trinajstić information content (AvgIpc) is 3.09. The van der Waals surface area contributed by atoms with Crippen molar-refractivity contribution in [2.75, 3.05) is 23.4 Å². The fraction of sp³-hybridized carbons (Fsp3) is 0.318. The van der Waals surface area contributed by atoms with Gasteiger partial charge in [-0.15, -0.1) is 0 Å². The molecule has 0 spiro atoms. The topological polar surface area (TPSA) is 75.7 Å². The number of ether oxygens (including phenoxy) is 1. The van der Waals surface area contributed by atoms with Crippen LogP contribution in [0.5, 0.6) is 0 Å². The Kier molecular flexibility index (Phi) is 6.54. The molecule has 2 aromatic carbocycles. The van der Waals surface area contributed by atoms with Crippen LogP contribution in [0.25, 0.3) is 0 Å². The number of carbonyl (C=O) groups excluding carboxylic acids is 3. The summed E-state index contributed by atoms with van der Waals surface area (Å²) < 4.78 is 5.14. The van der Waals surface area contributed by atoms with Gasteiger partial charge < -0.3 is 15.0 Å². The summed E-state index contributed by atoms with van der Waals surface area (Å²) in [5.74, 6) is -1.76. The summed E-state index contributed by atoms with van der Waals surface area (Å²) >= 11 is 6.09. The van der Waals surface area contributed by atoms with Gasteiger partial charge in [-0.1, -0.05) is 42.8 Å². The molecule has 1 saturated heterocycles. The first-order valence-electron chi connectivity index (χ1n) is 9.50. The summed E-state index contributed by atoms with van der Waals surface area (Å²) in [6.07, 6.45) is 0.860. The van der Waals surface area contributed by atoms with E-state index in [1.54, 1.807) is 17.0 Å². The maximum Gasteiger partial charge on any atom is 0.311 e. The highest BCUT2D eigenvalue weighted by Crippen LogP contribution is 2.29. The van der Waals surface area contributed by atoms with Crippen LogP contribution in [0.2, 0.25) is 5.02 Å². The Morgan fingerprint density at radius 3 is 2.72 bits per heavy atom. The SMILES string of the molecule is CCc1ccccc1N1C[C@@H](C(=O)OCC(=O)Nc2ccc(C)cc2Cl)CC1=O. The van der Waals surface area contributed by atoms with Crippen LogP contribution in [0.15, 0.2) is 42.5 Å². The molecule has 1 aliphatic heterocycles. The zero-order valence-electron chi connectivity index (χ0n) is 16.4. The molecule has 152 valence electrons. The second-order valence-electron chi connectivity index (χ2n) is 7.03. The molecule has 6 nitrogen and oxygen atoms in total. The summed E-state index contributed by atoms with van der Waals surface area (Å²) in [7, 11) is 0. The minimum Gasteiger partial charge on any atom is -0.455 e. The Bertz CT molecular complexity index is 944. The molecule has 1 N–H and O–H groups in total. The largest absolute Gasteiger partial charge is 0.455 e. The van der Waals surface area contributed by atoms with Gasteiger partial charge in [-0.3, -0.25) is 14.4 Å². The van der Waals surface area contributed by atoms with Gasteiger partial charge >= 0.3 is 5.97 Å². The van der Waals surface area contributed by atoms with Crippen LogP contribution >= 0.6 is 11.6 Å². The van der Waals surface area contributed by atoms with Crippen molar-refractivity contribution in [1.29, 1.82) is 0 Å². The number of anilines is 2.